The number of aryl methyl sites for hydroxylation is 2. The van der Waals surface area contributed by atoms with Gasteiger partial charge in [-0.1, -0.05) is 11.8 Å². The van der Waals surface area contributed by atoms with Crippen LogP contribution in [-0.4, -0.2) is 26.3 Å². The van der Waals surface area contributed by atoms with Gasteiger partial charge in [-0.05, 0) is 75.8 Å². The summed E-state index contributed by atoms with van der Waals surface area (Å²) in [4.78, 5) is 12.7. The van der Waals surface area contributed by atoms with E-state index in [2.05, 4.69) is 35.5 Å². The lowest BCUT2D eigenvalue weighted by Gasteiger charge is -2.13. The van der Waals surface area contributed by atoms with Crippen molar-refractivity contribution >= 4 is 17.5 Å². The van der Waals surface area contributed by atoms with Crippen molar-refractivity contribution in [2.45, 2.75) is 58.7 Å². The summed E-state index contributed by atoms with van der Waals surface area (Å²) in [7, 11) is 0. The SMILES string of the molecule is Cc1cc(C(=O)CSc2nnc(C)n2C2CC2)c(C)c(C)c1C. The lowest BCUT2D eigenvalue weighted by atomic mass is 9.93. The van der Waals surface area contributed by atoms with E-state index in [-0.39, 0.29) is 5.78 Å². The summed E-state index contributed by atoms with van der Waals surface area (Å²) < 4.78 is 2.18. The highest BCUT2D eigenvalue weighted by atomic mass is 32.2. The largest absolute Gasteiger partial charge is 0.303 e. The summed E-state index contributed by atoms with van der Waals surface area (Å²) in [6.07, 6.45) is 2.38. The van der Waals surface area contributed by atoms with Gasteiger partial charge in [-0.2, -0.15) is 0 Å². The van der Waals surface area contributed by atoms with Crippen LogP contribution in [0.15, 0.2) is 11.2 Å². The maximum absolute atomic E-state index is 12.7. The number of hydrogen-bond acceptors (Lipinski definition) is 4. The number of aromatic nitrogens is 3. The van der Waals surface area contributed by atoms with E-state index in [1.165, 1.54) is 41.3 Å². The van der Waals surface area contributed by atoms with E-state index in [0.717, 1.165) is 22.1 Å². The number of carbonyl (C=O) groups is 1. The second-order valence-electron chi connectivity index (χ2n) is 6.46. The van der Waals surface area contributed by atoms with E-state index in [1.54, 1.807) is 0 Å². The molecule has 0 N–H and O–H groups in total. The van der Waals surface area contributed by atoms with Crippen molar-refractivity contribution in [2.75, 3.05) is 5.75 Å². The molecule has 1 heterocycles. The normalized spacial score (nSPS) is 14.3. The van der Waals surface area contributed by atoms with Crippen molar-refractivity contribution in [2.24, 2.45) is 0 Å². The third kappa shape index (κ3) is 3.07. The van der Waals surface area contributed by atoms with Crippen LogP contribution in [0.25, 0.3) is 0 Å². The molecule has 0 amide bonds. The van der Waals surface area contributed by atoms with Gasteiger partial charge in [0, 0.05) is 11.6 Å². The zero-order valence-corrected chi connectivity index (χ0v) is 15.3. The van der Waals surface area contributed by atoms with Crippen LogP contribution < -0.4 is 0 Å². The van der Waals surface area contributed by atoms with Crippen molar-refractivity contribution in [1.29, 1.82) is 0 Å². The first-order chi connectivity index (χ1) is 10.9. The summed E-state index contributed by atoms with van der Waals surface area (Å²) in [6, 6.07) is 2.56. The van der Waals surface area contributed by atoms with Crippen molar-refractivity contribution in [3.8, 4) is 0 Å². The quantitative estimate of drug-likeness (QED) is 0.611. The first-order valence-electron chi connectivity index (χ1n) is 8.05. The molecule has 0 saturated heterocycles. The zero-order valence-electron chi connectivity index (χ0n) is 14.4. The molecule has 1 fully saturated rings. The molecule has 0 aliphatic heterocycles. The van der Waals surface area contributed by atoms with Crippen LogP contribution in [0, 0.1) is 34.6 Å². The van der Waals surface area contributed by atoms with Crippen molar-refractivity contribution in [1.82, 2.24) is 14.8 Å². The number of ketones is 1. The predicted octanol–water partition coefficient (Wildman–Crippen LogP) is 4.13. The van der Waals surface area contributed by atoms with Gasteiger partial charge in [0.1, 0.15) is 5.82 Å². The molecule has 122 valence electrons. The Bertz CT molecular complexity index is 775. The summed E-state index contributed by atoms with van der Waals surface area (Å²) in [6.45, 7) is 10.3. The van der Waals surface area contributed by atoms with Crippen LogP contribution in [0.1, 0.15) is 57.3 Å². The van der Waals surface area contributed by atoms with Crippen molar-refractivity contribution in [3.05, 3.63) is 39.7 Å². The summed E-state index contributed by atoms with van der Waals surface area (Å²) >= 11 is 1.50. The third-order valence-electron chi connectivity index (χ3n) is 4.86. The molecule has 0 bridgehead atoms. The second-order valence-corrected chi connectivity index (χ2v) is 7.40. The summed E-state index contributed by atoms with van der Waals surface area (Å²) in [5, 5.41) is 9.28. The smallest absolute Gasteiger partial charge is 0.191 e. The minimum atomic E-state index is 0.168. The molecule has 0 radical (unpaired) electrons. The highest BCUT2D eigenvalue weighted by molar-refractivity contribution is 7.99. The van der Waals surface area contributed by atoms with Gasteiger partial charge < -0.3 is 4.57 Å². The molecule has 1 saturated carbocycles. The maximum atomic E-state index is 12.7. The summed E-state index contributed by atoms with van der Waals surface area (Å²) in [5.74, 6) is 1.52. The highest BCUT2D eigenvalue weighted by Gasteiger charge is 2.28. The van der Waals surface area contributed by atoms with Gasteiger partial charge in [0.05, 0.1) is 5.75 Å². The number of rotatable bonds is 5. The Hall–Kier alpha value is -1.62. The molecule has 3 rings (SSSR count). The Morgan fingerprint density at radius 3 is 2.48 bits per heavy atom. The Labute approximate surface area is 141 Å². The van der Waals surface area contributed by atoms with Crippen LogP contribution in [0.3, 0.4) is 0 Å². The molecular weight excluding hydrogens is 306 g/mol. The minimum absolute atomic E-state index is 0.168. The van der Waals surface area contributed by atoms with Gasteiger partial charge in [-0.25, -0.2) is 0 Å². The van der Waals surface area contributed by atoms with Crippen molar-refractivity contribution in [3.63, 3.8) is 0 Å². The van der Waals surface area contributed by atoms with Crippen molar-refractivity contribution < 1.29 is 4.79 Å². The Morgan fingerprint density at radius 2 is 1.83 bits per heavy atom. The van der Waals surface area contributed by atoms with Gasteiger partial charge in [0.25, 0.3) is 0 Å². The first kappa shape index (κ1) is 16.2. The van der Waals surface area contributed by atoms with E-state index in [1.807, 2.05) is 19.9 Å². The third-order valence-corrected chi connectivity index (χ3v) is 5.80. The van der Waals surface area contributed by atoms with Crippen LogP contribution in [0.4, 0.5) is 0 Å². The molecule has 5 heteroatoms. The molecule has 1 aromatic carbocycles. The lowest BCUT2D eigenvalue weighted by molar-refractivity contribution is 0.102. The van der Waals surface area contributed by atoms with E-state index >= 15 is 0 Å². The average molecular weight is 329 g/mol. The Morgan fingerprint density at radius 1 is 1.13 bits per heavy atom. The van der Waals surface area contributed by atoms with Gasteiger partial charge >= 0.3 is 0 Å². The molecule has 1 aliphatic rings. The van der Waals surface area contributed by atoms with Crippen LogP contribution in [0.2, 0.25) is 0 Å². The monoisotopic (exact) mass is 329 g/mol. The fourth-order valence-electron chi connectivity index (χ4n) is 2.91. The molecule has 0 atom stereocenters. The number of carbonyl (C=O) groups excluding carboxylic acids is 1. The molecule has 0 unspecified atom stereocenters. The number of Topliss-reactive ketones (excluding diaryl/α,β-unsaturated/α-hetero) is 1. The molecule has 0 spiro atoms. The molecule has 2 aromatic rings. The average Bonchev–Trinajstić information content (AvgIpc) is 3.29. The molecule has 23 heavy (non-hydrogen) atoms. The fraction of sp³-hybridized carbons (Fsp3) is 0.500. The number of nitrogens with zero attached hydrogens (tertiary/aromatic N) is 3. The van der Waals surface area contributed by atoms with Gasteiger partial charge in [-0.15, -0.1) is 10.2 Å². The van der Waals surface area contributed by atoms with E-state index in [4.69, 9.17) is 0 Å². The first-order valence-corrected chi connectivity index (χ1v) is 9.03. The van der Waals surface area contributed by atoms with Gasteiger partial charge in [0.2, 0.25) is 0 Å². The summed E-state index contributed by atoms with van der Waals surface area (Å²) in [5.41, 5.74) is 5.61. The van der Waals surface area contributed by atoms with E-state index < -0.39 is 0 Å². The molecular formula is C18H23N3OS. The van der Waals surface area contributed by atoms with Crippen LogP contribution in [0.5, 0.6) is 0 Å². The zero-order chi connectivity index (χ0) is 16.7. The van der Waals surface area contributed by atoms with Gasteiger partial charge in [-0.3, -0.25) is 4.79 Å². The Kier molecular flexibility index (Phi) is 4.32. The molecule has 1 aromatic heterocycles. The standard InChI is InChI=1S/C18H23N3OS/c1-10-8-16(13(4)12(3)11(10)2)17(22)9-23-18-20-19-14(5)21(18)15-6-7-15/h8,15H,6-7,9H2,1-5H3. The molecule has 4 nitrogen and oxygen atoms in total. The predicted molar refractivity (Wildman–Crippen MR) is 93.5 cm³/mol. The fourth-order valence-corrected chi connectivity index (χ4v) is 3.85. The van der Waals surface area contributed by atoms with Gasteiger partial charge in [0.15, 0.2) is 10.9 Å². The van der Waals surface area contributed by atoms with E-state index in [0.29, 0.717) is 11.8 Å². The minimum Gasteiger partial charge on any atom is -0.303 e. The Balaban J connectivity index is 1.78. The number of hydrogen-bond donors (Lipinski definition) is 0. The van der Waals surface area contributed by atoms with E-state index in [9.17, 15) is 4.79 Å². The second kappa shape index (κ2) is 6.11. The maximum Gasteiger partial charge on any atom is 0.191 e. The van der Waals surface area contributed by atoms with Crippen LogP contribution in [-0.2, 0) is 0 Å². The number of benzene rings is 1. The molecule has 1 aliphatic carbocycles. The van der Waals surface area contributed by atoms with Crippen LogP contribution >= 0.6 is 11.8 Å². The number of thioether (sulfide) groups is 1. The highest BCUT2D eigenvalue weighted by Crippen LogP contribution is 2.38. The topological polar surface area (TPSA) is 47.8 Å². The lowest BCUT2D eigenvalue weighted by Crippen LogP contribution is -2.09.